The molecule has 25 heavy (non-hydrogen) atoms. The van der Waals surface area contributed by atoms with Crippen molar-refractivity contribution in [3.8, 4) is 0 Å². The molecule has 1 aromatic carbocycles. The number of carbonyl (C=O) groups is 2. The summed E-state index contributed by atoms with van der Waals surface area (Å²) >= 11 is 0. The summed E-state index contributed by atoms with van der Waals surface area (Å²) in [4.78, 5) is 34.4. The Balaban J connectivity index is 1.74. The topological polar surface area (TPSA) is 102 Å². The summed E-state index contributed by atoms with van der Waals surface area (Å²) in [5.74, 6) is -0.409. The fraction of sp³-hybridized carbons (Fsp3) is 0.188. The van der Waals surface area contributed by atoms with E-state index in [0.29, 0.717) is 16.7 Å². The molecule has 1 aliphatic heterocycles. The second kappa shape index (κ2) is 6.19. The van der Waals surface area contributed by atoms with Crippen LogP contribution in [-0.4, -0.2) is 49.8 Å². The van der Waals surface area contributed by atoms with Crippen molar-refractivity contribution < 1.29 is 14.3 Å². The molecule has 2 aromatic heterocycles. The van der Waals surface area contributed by atoms with E-state index in [9.17, 15) is 9.59 Å². The molecule has 9 heteroatoms. The Bertz CT molecular complexity index is 926. The van der Waals surface area contributed by atoms with Gasteiger partial charge in [0.05, 0.1) is 18.1 Å². The summed E-state index contributed by atoms with van der Waals surface area (Å²) in [7, 11) is 0. The standard InChI is InChI=1S/C16H14N6O3/c23-14(20-12-4-2-1-3-5-12)15(21-6-7-25-16(21)24)22-13-11(9-19-22)8-17-10-18-13/h1-5,8-10,15H,6-7H2,(H,20,23). The SMILES string of the molecule is O=C(Nc1ccccc1)C(N1CCOC1=O)n1ncc2cncnc21. The van der Waals surface area contributed by atoms with Crippen molar-refractivity contribution in [2.75, 3.05) is 18.5 Å². The molecule has 2 amide bonds. The first kappa shape index (κ1) is 15.1. The Morgan fingerprint density at radius 2 is 2.08 bits per heavy atom. The van der Waals surface area contributed by atoms with Gasteiger partial charge in [-0.05, 0) is 12.1 Å². The van der Waals surface area contributed by atoms with Crippen molar-refractivity contribution in [3.05, 3.63) is 49.1 Å². The molecule has 0 spiro atoms. The summed E-state index contributed by atoms with van der Waals surface area (Å²) in [5.41, 5.74) is 1.08. The quantitative estimate of drug-likeness (QED) is 0.772. The number of amides is 2. The molecule has 3 aromatic rings. The van der Waals surface area contributed by atoms with E-state index < -0.39 is 18.2 Å². The average Bonchev–Trinajstić information content (AvgIpc) is 3.24. The number of aromatic nitrogens is 4. The lowest BCUT2D eigenvalue weighted by Crippen LogP contribution is -2.42. The number of nitrogens with one attached hydrogen (secondary N) is 1. The fourth-order valence-corrected chi connectivity index (χ4v) is 2.72. The first-order valence-electron chi connectivity index (χ1n) is 7.66. The third-order valence-corrected chi connectivity index (χ3v) is 3.85. The monoisotopic (exact) mass is 338 g/mol. The lowest BCUT2D eigenvalue weighted by Gasteiger charge is -2.25. The van der Waals surface area contributed by atoms with Crippen LogP contribution in [0.1, 0.15) is 6.17 Å². The summed E-state index contributed by atoms with van der Waals surface area (Å²) in [6, 6.07) is 9.00. The van der Waals surface area contributed by atoms with Gasteiger partial charge in [-0.2, -0.15) is 5.10 Å². The first-order chi connectivity index (χ1) is 12.2. The van der Waals surface area contributed by atoms with Crippen LogP contribution in [0.2, 0.25) is 0 Å². The smallest absolute Gasteiger partial charge is 0.412 e. The number of benzene rings is 1. The van der Waals surface area contributed by atoms with Gasteiger partial charge in [0.15, 0.2) is 5.65 Å². The number of hydrogen-bond acceptors (Lipinski definition) is 6. The van der Waals surface area contributed by atoms with Crippen LogP contribution >= 0.6 is 0 Å². The predicted octanol–water partition coefficient (Wildman–Crippen LogP) is 1.42. The number of nitrogens with zero attached hydrogens (tertiary/aromatic N) is 5. The van der Waals surface area contributed by atoms with E-state index in [0.717, 1.165) is 0 Å². The zero-order valence-electron chi connectivity index (χ0n) is 13.1. The molecule has 126 valence electrons. The molecular weight excluding hydrogens is 324 g/mol. The fourth-order valence-electron chi connectivity index (χ4n) is 2.72. The number of cyclic esters (lactones) is 1. The van der Waals surface area contributed by atoms with Crippen molar-refractivity contribution in [2.45, 2.75) is 6.17 Å². The van der Waals surface area contributed by atoms with Gasteiger partial charge in [0.2, 0.25) is 6.17 Å². The minimum atomic E-state index is -1.01. The number of carbonyl (C=O) groups excluding carboxylic acids is 2. The molecule has 0 saturated carbocycles. The third kappa shape index (κ3) is 2.75. The number of para-hydroxylation sites is 1. The van der Waals surface area contributed by atoms with Crippen LogP contribution in [0.5, 0.6) is 0 Å². The van der Waals surface area contributed by atoms with Crippen LogP contribution in [-0.2, 0) is 9.53 Å². The second-order valence-electron chi connectivity index (χ2n) is 5.43. The molecule has 1 saturated heterocycles. The highest BCUT2D eigenvalue weighted by Gasteiger charge is 2.37. The van der Waals surface area contributed by atoms with E-state index in [-0.39, 0.29) is 13.2 Å². The highest BCUT2D eigenvalue weighted by atomic mass is 16.6. The molecule has 1 atom stereocenters. The zero-order chi connectivity index (χ0) is 17.2. The van der Waals surface area contributed by atoms with Crippen molar-refractivity contribution >= 4 is 28.7 Å². The van der Waals surface area contributed by atoms with Crippen molar-refractivity contribution in [1.82, 2.24) is 24.6 Å². The molecule has 4 rings (SSSR count). The highest BCUT2D eigenvalue weighted by Crippen LogP contribution is 2.23. The van der Waals surface area contributed by atoms with E-state index in [1.54, 1.807) is 24.5 Å². The Morgan fingerprint density at radius 1 is 1.24 bits per heavy atom. The van der Waals surface area contributed by atoms with Gasteiger partial charge < -0.3 is 10.1 Å². The van der Waals surface area contributed by atoms with E-state index in [4.69, 9.17) is 4.74 Å². The minimum Gasteiger partial charge on any atom is -0.447 e. The third-order valence-electron chi connectivity index (χ3n) is 3.85. The lowest BCUT2D eigenvalue weighted by molar-refractivity contribution is -0.123. The maximum absolute atomic E-state index is 12.9. The van der Waals surface area contributed by atoms with Gasteiger partial charge in [-0.3, -0.25) is 9.69 Å². The zero-order valence-corrected chi connectivity index (χ0v) is 13.1. The normalized spacial score (nSPS) is 15.2. The summed E-state index contributed by atoms with van der Waals surface area (Å²) in [6.45, 7) is 0.514. The second-order valence-corrected chi connectivity index (χ2v) is 5.43. The van der Waals surface area contributed by atoms with Crippen molar-refractivity contribution in [1.29, 1.82) is 0 Å². The maximum atomic E-state index is 12.9. The van der Waals surface area contributed by atoms with Crippen molar-refractivity contribution in [3.63, 3.8) is 0 Å². The molecule has 1 aliphatic rings. The van der Waals surface area contributed by atoms with Crippen LogP contribution in [0, 0.1) is 0 Å². The van der Waals surface area contributed by atoms with Crippen molar-refractivity contribution in [2.24, 2.45) is 0 Å². The van der Waals surface area contributed by atoms with E-state index in [2.05, 4.69) is 20.4 Å². The van der Waals surface area contributed by atoms with Gasteiger partial charge in [0, 0.05) is 11.9 Å². The number of fused-ring (bicyclic) bond motifs is 1. The van der Waals surface area contributed by atoms with Gasteiger partial charge in [0.1, 0.15) is 12.9 Å². The molecule has 3 heterocycles. The molecule has 0 radical (unpaired) electrons. The molecule has 1 unspecified atom stereocenters. The van der Waals surface area contributed by atoms with Gasteiger partial charge in [-0.25, -0.2) is 19.4 Å². The maximum Gasteiger partial charge on any atom is 0.412 e. The molecule has 1 fully saturated rings. The van der Waals surface area contributed by atoms with Crippen LogP contribution in [0.4, 0.5) is 10.5 Å². The molecular formula is C16H14N6O3. The molecule has 0 bridgehead atoms. The van der Waals surface area contributed by atoms with Crippen LogP contribution in [0.15, 0.2) is 49.1 Å². The molecule has 1 N–H and O–H groups in total. The minimum absolute atomic E-state index is 0.224. The van der Waals surface area contributed by atoms with Gasteiger partial charge >= 0.3 is 6.09 Å². The molecule has 0 aliphatic carbocycles. The van der Waals surface area contributed by atoms with E-state index >= 15 is 0 Å². The largest absolute Gasteiger partial charge is 0.447 e. The molecule has 9 nitrogen and oxygen atoms in total. The van der Waals surface area contributed by atoms with Crippen LogP contribution < -0.4 is 5.32 Å². The van der Waals surface area contributed by atoms with Gasteiger partial charge in [-0.1, -0.05) is 18.2 Å². The van der Waals surface area contributed by atoms with Crippen LogP contribution in [0.3, 0.4) is 0 Å². The first-order valence-corrected chi connectivity index (χ1v) is 7.66. The van der Waals surface area contributed by atoms with Gasteiger partial charge in [-0.15, -0.1) is 0 Å². The Kier molecular flexibility index (Phi) is 3.73. The Morgan fingerprint density at radius 3 is 2.84 bits per heavy atom. The Labute approximate surface area is 142 Å². The van der Waals surface area contributed by atoms with E-state index in [1.165, 1.54) is 15.9 Å². The summed E-state index contributed by atoms with van der Waals surface area (Å²) in [6.07, 6.45) is 2.95. The van der Waals surface area contributed by atoms with E-state index in [1.807, 2.05) is 18.2 Å². The number of rotatable bonds is 4. The predicted molar refractivity (Wildman–Crippen MR) is 87.5 cm³/mol. The van der Waals surface area contributed by atoms with Gasteiger partial charge in [0.25, 0.3) is 5.91 Å². The number of anilines is 1. The average molecular weight is 338 g/mol. The number of hydrogen-bond donors (Lipinski definition) is 1. The van der Waals surface area contributed by atoms with Crippen LogP contribution in [0.25, 0.3) is 11.0 Å². The Hall–Kier alpha value is -3.49. The summed E-state index contributed by atoms with van der Waals surface area (Å²) in [5, 5.41) is 7.71. The summed E-state index contributed by atoms with van der Waals surface area (Å²) < 4.78 is 6.39. The highest BCUT2D eigenvalue weighted by molar-refractivity contribution is 5.96. The lowest BCUT2D eigenvalue weighted by atomic mass is 10.3. The number of ether oxygens (including phenoxy) is 1.